The maximum absolute atomic E-state index is 13.9. The van der Waals surface area contributed by atoms with E-state index in [0.717, 1.165) is 50.9 Å². The topological polar surface area (TPSA) is 194 Å². The number of esters is 1. The number of aromatic nitrogens is 1. The van der Waals surface area contributed by atoms with Crippen LogP contribution < -0.4 is 20.9 Å². The van der Waals surface area contributed by atoms with Crippen LogP contribution in [0.25, 0.3) is 10.9 Å². The number of H-pyrrole nitrogens is 1. The molecule has 14 heteroatoms. The molecule has 0 radical (unpaired) electrons. The van der Waals surface area contributed by atoms with Crippen molar-refractivity contribution in [1.29, 1.82) is 0 Å². The lowest BCUT2D eigenvalue weighted by atomic mass is 9.86. The van der Waals surface area contributed by atoms with E-state index in [2.05, 4.69) is 32.7 Å². The van der Waals surface area contributed by atoms with Gasteiger partial charge >= 0.3 is 5.97 Å². The number of likely N-dealkylation sites (tertiary alicyclic amines) is 2. The molecule has 69 heavy (non-hydrogen) atoms. The first-order chi connectivity index (χ1) is 33.5. The number of aromatic hydroxyl groups is 1. The van der Waals surface area contributed by atoms with E-state index < -0.39 is 17.7 Å². The van der Waals surface area contributed by atoms with Crippen LogP contribution in [0.3, 0.4) is 0 Å². The Hall–Kier alpha value is -6.84. The van der Waals surface area contributed by atoms with Crippen LogP contribution in [0, 0.1) is 11.8 Å². The summed E-state index contributed by atoms with van der Waals surface area (Å²) in [6, 6.07) is 39.3. The van der Waals surface area contributed by atoms with Gasteiger partial charge in [-0.1, -0.05) is 91.0 Å². The Labute approximate surface area is 401 Å². The molecule has 2 atom stereocenters. The van der Waals surface area contributed by atoms with Crippen molar-refractivity contribution in [3.05, 3.63) is 177 Å². The molecule has 2 saturated heterocycles. The van der Waals surface area contributed by atoms with Crippen molar-refractivity contribution in [2.24, 2.45) is 11.8 Å². The number of hydrogen-bond acceptors (Lipinski definition) is 11. The molecule has 360 valence electrons. The van der Waals surface area contributed by atoms with Gasteiger partial charge in [0.1, 0.15) is 11.5 Å². The molecule has 5 aromatic carbocycles. The number of hydrogen-bond donors (Lipinski definition) is 6. The molecule has 14 nitrogen and oxygen atoms in total. The lowest BCUT2D eigenvalue weighted by Crippen LogP contribution is -2.42. The second-order valence-corrected chi connectivity index (χ2v) is 18.2. The summed E-state index contributed by atoms with van der Waals surface area (Å²) in [7, 11) is 0. The number of amides is 2. The van der Waals surface area contributed by atoms with Gasteiger partial charge < -0.3 is 45.3 Å². The third kappa shape index (κ3) is 12.4. The van der Waals surface area contributed by atoms with Gasteiger partial charge in [0.15, 0.2) is 6.61 Å². The van der Waals surface area contributed by atoms with Crippen molar-refractivity contribution < 1.29 is 39.2 Å². The van der Waals surface area contributed by atoms with E-state index in [1.165, 1.54) is 17.7 Å². The van der Waals surface area contributed by atoms with Gasteiger partial charge in [-0.25, -0.2) is 4.79 Å². The van der Waals surface area contributed by atoms with Crippen molar-refractivity contribution in [3.63, 3.8) is 0 Å². The number of phenols is 1. The minimum atomic E-state index is -2.10. The van der Waals surface area contributed by atoms with Crippen molar-refractivity contribution >= 4 is 28.7 Å². The zero-order valence-electron chi connectivity index (χ0n) is 38.7. The van der Waals surface area contributed by atoms with E-state index >= 15 is 0 Å². The molecule has 0 spiro atoms. The Balaban J connectivity index is 0.749. The maximum Gasteiger partial charge on any atom is 0.347 e. The summed E-state index contributed by atoms with van der Waals surface area (Å²) in [4.78, 5) is 58.8. The fourth-order valence-corrected chi connectivity index (χ4v) is 9.27. The number of pyridine rings is 1. The number of phenolic OH excluding ortho intramolecular Hbond substituents is 1. The van der Waals surface area contributed by atoms with Crippen LogP contribution >= 0.6 is 0 Å². The highest BCUT2D eigenvalue weighted by atomic mass is 16.5. The van der Waals surface area contributed by atoms with E-state index in [1.54, 1.807) is 60.7 Å². The summed E-state index contributed by atoms with van der Waals surface area (Å²) in [6.45, 7) is 5.10. The van der Waals surface area contributed by atoms with Gasteiger partial charge in [-0.3, -0.25) is 19.3 Å². The average molecular weight is 936 g/mol. The number of rotatable bonds is 19. The first-order valence-electron chi connectivity index (χ1n) is 23.9. The summed E-state index contributed by atoms with van der Waals surface area (Å²) in [5, 5.41) is 40.0. The zero-order chi connectivity index (χ0) is 48.2. The number of aromatic amines is 1. The summed E-state index contributed by atoms with van der Waals surface area (Å²) < 4.78 is 11.8. The molecule has 1 aromatic heterocycles. The Morgan fingerprint density at radius 3 is 2.20 bits per heavy atom. The summed E-state index contributed by atoms with van der Waals surface area (Å²) in [6.07, 6.45) is 3.08. The average Bonchev–Trinajstić information content (AvgIpc) is 3.39. The van der Waals surface area contributed by atoms with Crippen LogP contribution in [0.4, 0.5) is 0 Å². The summed E-state index contributed by atoms with van der Waals surface area (Å²) in [5.41, 5.74) is 2.02. The SMILES string of the molecule is O=C(COc1cccc([C@](O)(C(=O)OCC2CCN(Cc3ccccc3)CC2)c2ccccc2)c1)NCC1CCN(C(=O)c2ccc(CCNC[C@H](O)c3ccc(O)c4[nH]c(=O)ccc34)cc2)CC1. The number of nitrogens with one attached hydrogen (secondary N) is 3. The van der Waals surface area contributed by atoms with Crippen molar-refractivity contribution in [3.8, 4) is 11.5 Å². The van der Waals surface area contributed by atoms with Crippen LogP contribution in [0.15, 0.2) is 138 Å². The molecule has 6 N–H and O–H groups in total. The van der Waals surface area contributed by atoms with Gasteiger partial charge in [-0.2, -0.15) is 0 Å². The standard InChI is InChI=1S/C55H61N5O9/c61-48-20-18-46(47-19-21-50(63)58-52(47)48)49(62)34-56-27-22-38-14-16-42(17-15-38)53(65)60-30-25-39(26-31-60)33-57-51(64)37-68-45-13-7-12-44(32-45)55(67,43-10-5-2-6-11-43)54(66)69-36-41-23-28-59(29-24-41)35-40-8-3-1-4-9-40/h1-21,32,39,41,49,56,61-62,67H,22-31,33-37H2,(H,57,64)(H,58,63)/t49-,55-/m0/s1. The third-order valence-corrected chi connectivity index (χ3v) is 13.4. The van der Waals surface area contributed by atoms with Crippen LogP contribution in [0.1, 0.15) is 70.0 Å². The van der Waals surface area contributed by atoms with Crippen LogP contribution in [0.2, 0.25) is 0 Å². The number of carbonyl (C=O) groups excluding carboxylic acids is 3. The molecule has 8 rings (SSSR count). The number of ether oxygens (including phenoxy) is 2. The Kier molecular flexibility index (Phi) is 16.2. The predicted molar refractivity (Wildman–Crippen MR) is 263 cm³/mol. The van der Waals surface area contributed by atoms with Crippen LogP contribution in [0.5, 0.6) is 11.5 Å². The zero-order valence-corrected chi connectivity index (χ0v) is 38.7. The first kappa shape index (κ1) is 48.6. The molecule has 0 saturated carbocycles. The van der Waals surface area contributed by atoms with Crippen molar-refractivity contribution in [2.75, 3.05) is 59.0 Å². The molecule has 2 aliphatic heterocycles. The van der Waals surface area contributed by atoms with Crippen molar-refractivity contribution in [2.45, 2.75) is 50.4 Å². The molecule has 6 aromatic rings. The van der Waals surface area contributed by atoms with Gasteiger partial charge in [0, 0.05) is 55.3 Å². The predicted octanol–water partition coefficient (Wildman–Crippen LogP) is 5.84. The number of benzene rings is 5. The molecule has 2 amide bonds. The van der Waals surface area contributed by atoms with Crippen LogP contribution in [-0.4, -0.2) is 107 Å². The van der Waals surface area contributed by atoms with E-state index in [1.807, 2.05) is 53.4 Å². The lowest BCUT2D eigenvalue weighted by molar-refractivity contribution is -0.164. The number of carbonyl (C=O) groups is 3. The van der Waals surface area contributed by atoms with Crippen molar-refractivity contribution in [1.82, 2.24) is 25.4 Å². The molecular weight excluding hydrogens is 875 g/mol. The molecule has 0 aliphatic carbocycles. The lowest BCUT2D eigenvalue weighted by Gasteiger charge is -2.33. The Morgan fingerprint density at radius 1 is 0.768 bits per heavy atom. The van der Waals surface area contributed by atoms with Gasteiger partial charge in [-0.05, 0) is 122 Å². The molecule has 3 heterocycles. The molecule has 0 bridgehead atoms. The highest BCUT2D eigenvalue weighted by Gasteiger charge is 2.42. The van der Waals surface area contributed by atoms with E-state index in [0.29, 0.717) is 65.9 Å². The highest BCUT2D eigenvalue weighted by Crippen LogP contribution is 2.34. The molecule has 2 fully saturated rings. The number of fused-ring (bicyclic) bond motifs is 1. The number of aliphatic hydroxyl groups is 2. The monoisotopic (exact) mass is 935 g/mol. The molecule has 2 aliphatic rings. The van der Waals surface area contributed by atoms with Crippen LogP contribution in [-0.2, 0) is 32.9 Å². The minimum absolute atomic E-state index is 0.0359. The van der Waals surface area contributed by atoms with Gasteiger partial charge in [-0.15, -0.1) is 0 Å². The summed E-state index contributed by atoms with van der Waals surface area (Å²) >= 11 is 0. The quantitative estimate of drug-likeness (QED) is 0.0423. The fraction of sp³-hybridized carbons (Fsp3) is 0.345. The van der Waals surface area contributed by atoms with E-state index in [-0.39, 0.29) is 60.3 Å². The van der Waals surface area contributed by atoms with E-state index in [9.17, 15) is 34.5 Å². The fourth-order valence-electron chi connectivity index (χ4n) is 9.27. The second-order valence-electron chi connectivity index (χ2n) is 18.2. The normalized spacial score (nSPS) is 16.1. The van der Waals surface area contributed by atoms with Gasteiger partial charge in [0.2, 0.25) is 11.2 Å². The Bertz CT molecular complexity index is 2720. The van der Waals surface area contributed by atoms with Gasteiger partial charge in [0.25, 0.3) is 11.8 Å². The molecule has 0 unspecified atom stereocenters. The first-order valence-corrected chi connectivity index (χ1v) is 23.9. The number of aliphatic hydroxyl groups excluding tert-OH is 1. The maximum atomic E-state index is 13.9. The third-order valence-electron chi connectivity index (χ3n) is 13.4. The number of piperidine rings is 2. The Morgan fingerprint density at radius 2 is 1.46 bits per heavy atom. The highest BCUT2D eigenvalue weighted by molar-refractivity contribution is 5.94. The summed E-state index contributed by atoms with van der Waals surface area (Å²) in [5.74, 6) is -0.459. The largest absolute Gasteiger partial charge is 0.506 e. The smallest absolute Gasteiger partial charge is 0.347 e. The number of nitrogens with zero attached hydrogens (tertiary/aromatic N) is 2. The molecular formula is C55H61N5O9. The minimum Gasteiger partial charge on any atom is -0.506 e. The van der Waals surface area contributed by atoms with Gasteiger partial charge in [0.05, 0.1) is 18.2 Å². The van der Waals surface area contributed by atoms with E-state index in [4.69, 9.17) is 9.47 Å². The second kappa shape index (κ2) is 23.0.